The Kier molecular flexibility index (Phi) is 4.32. The molecule has 0 atom stereocenters. The Morgan fingerprint density at radius 1 is 1.10 bits per heavy atom. The van der Waals surface area contributed by atoms with Gasteiger partial charge in [0.15, 0.2) is 0 Å². The van der Waals surface area contributed by atoms with E-state index < -0.39 is 0 Å². The summed E-state index contributed by atoms with van der Waals surface area (Å²) in [4.78, 5) is 13.1. The molecule has 3 heterocycles. The monoisotopic (exact) mass is 276 g/mol. The molecule has 3 N–H and O–H groups in total. The number of piperidine rings is 1. The predicted molar refractivity (Wildman–Crippen MR) is 80.7 cm³/mol. The maximum absolute atomic E-state index is 5.53. The zero-order valence-electron chi connectivity index (χ0n) is 12.0. The van der Waals surface area contributed by atoms with Crippen molar-refractivity contribution in [2.45, 2.75) is 12.8 Å². The molecule has 3 rings (SSSR count). The highest BCUT2D eigenvalue weighted by Gasteiger charge is 2.22. The molecule has 2 aliphatic rings. The van der Waals surface area contributed by atoms with E-state index in [9.17, 15) is 0 Å². The van der Waals surface area contributed by atoms with Crippen molar-refractivity contribution >= 4 is 11.6 Å². The number of aromatic nitrogens is 2. The zero-order valence-corrected chi connectivity index (χ0v) is 12.0. The van der Waals surface area contributed by atoms with Gasteiger partial charge in [-0.2, -0.15) is 0 Å². The molecule has 2 aliphatic heterocycles. The van der Waals surface area contributed by atoms with Crippen LogP contribution in [-0.2, 0) is 0 Å². The summed E-state index contributed by atoms with van der Waals surface area (Å²) in [7, 11) is 0. The fraction of sp³-hybridized carbons (Fsp3) is 0.714. The third kappa shape index (κ3) is 3.37. The average molecular weight is 276 g/mol. The summed E-state index contributed by atoms with van der Waals surface area (Å²) in [5.41, 5.74) is 6.63. The topological polar surface area (TPSA) is 70.3 Å². The van der Waals surface area contributed by atoms with Crippen molar-refractivity contribution in [3.05, 3.63) is 12.4 Å². The number of rotatable bonds is 3. The van der Waals surface area contributed by atoms with Crippen LogP contribution in [0, 0.1) is 5.92 Å². The van der Waals surface area contributed by atoms with Crippen molar-refractivity contribution in [1.29, 1.82) is 0 Å². The summed E-state index contributed by atoms with van der Waals surface area (Å²) in [6.07, 6.45) is 6.18. The molecule has 1 aromatic heterocycles. The third-order valence-electron chi connectivity index (χ3n) is 4.36. The van der Waals surface area contributed by atoms with Gasteiger partial charge in [0.1, 0.15) is 0 Å². The van der Waals surface area contributed by atoms with Crippen LogP contribution in [0.25, 0.3) is 0 Å². The molecule has 110 valence electrons. The minimum absolute atomic E-state index is 0.349. The molecule has 2 saturated heterocycles. The van der Waals surface area contributed by atoms with Gasteiger partial charge < -0.3 is 20.9 Å². The van der Waals surface area contributed by atoms with Gasteiger partial charge in [0, 0.05) is 45.8 Å². The summed E-state index contributed by atoms with van der Waals surface area (Å²) in [5.74, 6) is 1.18. The second-order valence-corrected chi connectivity index (χ2v) is 5.78. The largest absolute Gasteiger partial charge is 0.369 e. The fourth-order valence-electron chi connectivity index (χ4n) is 3.13. The van der Waals surface area contributed by atoms with E-state index in [-0.39, 0.29) is 0 Å². The van der Waals surface area contributed by atoms with E-state index in [0.29, 0.717) is 5.95 Å². The van der Waals surface area contributed by atoms with Gasteiger partial charge in [-0.25, -0.2) is 9.97 Å². The second kappa shape index (κ2) is 6.37. The zero-order chi connectivity index (χ0) is 13.8. The lowest BCUT2D eigenvalue weighted by Crippen LogP contribution is -2.46. The summed E-state index contributed by atoms with van der Waals surface area (Å²) in [5, 5.41) is 3.41. The Labute approximate surface area is 120 Å². The van der Waals surface area contributed by atoms with Gasteiger partial charge in [0.25, 0.3) is 0 Å². The highest BCUT2D eigenvalue weighted by molar-refractivity contribution is 5.43. The third-order valence-corrected chi connectivity index (χ3v) is 4.36. The molecule has 6 heteroatoms. The lowest BCUT2D eigenvalue weighted by Gasteiger charge is -2.36. The molecule has 0 spiro atoms. The Balaban J connectivity index is 1.47. The molecule has 0 bridgehead atoms. The van der Waals surface area contributed by atoms with Crippen LogP contribution in [0.5, 0.6) is 0 Å². The van der Waals surface area contributed by atoms with Crippen LogP contribution in [0.3, 0.4) is 0 Å². The Morgan fingerprint density at radius 2 is 1.75 bits per heavy atom. The molecule has 0 aliphatic carbocycles. The first-order valence-electron chi connectivity index (χ1n) is 7.57. The highest BCUT2D eigenvalue weighted by Crippen LogP contribution is 2.23. The minimum Gasteiger partial charge on any atom is -0.369 e. The van der Waals surface area contributed by atoms with Crippen LogP contribution in [0.2, 0.25) is 0 Å². The standard InChI is InChI=1S/C14H24N6/c15-14-17-9-13(10-18-14)20-5-1-12(2-6-20)11-19-7-3-16-4-8-19/h9-10,12,16H,1-8,11H2,(H2,15,17,18). The molecule has 0 saturated carbocycles. The van der Waals surface area contributed by atoms with Crippen LogP contribution < -0.4 is 16.0 Å². The Bertz CT molecular complexity index is 406. The number of anilines is 2. The first-order chi connectivity index (χ1) is 9.81. The van der Waals surface area contributed by atoms with E-state index >= 15 is 0 Å². The van der Waals surface area contributed by atoms with Crippen LogP contribution in [-0.4, -0.2) is 60.7 Å². The summed E-state index contributed by atoms with van der Waals surface area (Å²) in [6, 6.07) is 0. The number of hydrogen-bond acceptors (Lipinski definition) is 6. The maximum Gasteiger partial charge on any atom is 0.220 e. The van der Waals surface area contributed by atoms with Crippen molar-refractivity contribution in [2.24, 2.45) is 5.92 Å². The predicted octanol–water partition coefficient (Wildman–Crippen LogP) is 0.180. The summed E-state index contributed by atoms with van der Waals surface area (Å²) >= 11 is 0. The quantitative estimate of drug-likeness (QED) is 0.821. The highest BCUT2D eigenvalue weighted by atomic mass is 15.2. The van der Waals surface area contributed by atoms with Gasteiger partial charge in [-0.1, -0.05) is 0 Å². The van der Waals surface area contributed by atoms with Crippen molar-refractivity contribution in [3.63, 3.8) is 0 Å². The van der Waals surface area contributed by atoms with Crippen LogP contribution in [0.15, 0.2) is 12.4 Å². The Hall–Kier alpha value is -1.40. The lowest BCUT2D eigenvalue weighted by atomic mass is 9.96. The molecular formula is C14H24N6. The smallest absolute Gasteiger partial charge is 0.220 e. The summed E-state index contributed by atoms with van der Waals surface area (Å²) in [6.45, 7) is 8.14. The van der Waals surface area contributed by atoms with E-state index in [1.807, 2.05) is 12.4 Å². The maximum atomic E-state index is 5.53. The van der Waals surface area contributed by atoms with Gasteiger partial charge >= 0.3 is 0 Å². The molecule has 0 amide bonds. The SMILES string of the molecule is Nc1ncc(N2CCC(CN3CCNCC3)CC2)cn1. The van der Waals surface area contributed by atoms with Crippen LogP contribution in [0.1, 0.15) is 12.8 Å². The van der Waals surface area contributed by atoms with Gasteiger partial charge in [-0.3, -0.25) is 0 Å². The normalized spacial score (nSPS) is 22.1. The molecular weight excluding hydrogens is 252 g/mol. The lowest BCUT2D eigenvalue weighted by molar-refractivity contribution is 0.190. The van der Waals surface area contributed by atoms with Gasteiger partial charge in [-0.05, 0) is 18.8 Å². The van der Waals surface area contributed by atoms with Gasteiger partial charge in [-0.15, -0.1) is 0 Å². The molecule has 1 aromatic rings. The number of nitrogens with one attached hydrogen (secondary N) is 1. The number of nitrogen functional groups attached to an aromatic ring is 1. The van der Waals surface area contributed by atoms with Gasteiger partial charge in [0.2, 0.25) is 5.95 Å². The van der Waals surface area contributed by atoms with E-state index in [4.69, 9.17) is 5.73 Å². The first-order valence-corrected chi connectivity index (χ1v) is 7.57. The van der Waals surface area contributed by atoms with E-state index in [1.54, 1.807) is 0 Å². The Morgan fingerprint density at radius 3 is 2.40 bits per heavy atom. The van der Waals surface area contributed by atoms with E-state index in [1.165, 1.54) is 32.5 Å². The average Bonchev–Trinajstić information content (AvgIpc) is 2.50. The van der Waals surface area contributed by atoms with E-state index in [2.05, 4.69) is 25.1 Å². The number of piperazine rings is 1. The van der Waals surface area contributed by atoms with Crippen LogP contribution >= 0.6 is 0 Å². The van der Waals surface area contributed by atoms with Gasteiger partial charge in [0.05, 0.1) is 18.1 Å². The second-order valence-electron chi connectivity index (χ2n) is 5.78. The summed E-state index contributed by atoms with van der Waals surface area (Å²) < 4.78 is 0. The first kappa shape index (κ1) is 13.6. The fourth-order valence-corrected chi connectivity index (χ4v) is 3.13. The van der Waals surface area contributed by atoms with Crippen molar-refractivity contribution < 1.29 is 0 Å². The number of hydrogen-bond donors (Lipinski definition) is 2. The number of nitrogens with two attached hydrogens (primary N) is 1. The molecule has 6 nitrogen and oxygen atoms in total. The molecule has 20 heavy (non-hydrogen) atoms. The van der Waals surface area contributed by atoms with Crippen molar-refractivity contribution in [2.75, 3.05) is 56.4 Å². The minimum atomic E-state index is 0.349. The molecule has 0 aromatic carbocycles. The van der Waals surface area contributed by atoms with Crippen molar-refractivity contribution in [3.8, 4) is 0 Å². The van der Waals surface area contributed by atoms with Crippen LogP contribution in [0.4, 0.5) is 11.6 Å². The molecule has 0 unspecified atom stereocenters. The van der Waals surface area contributed by atoms with Crippen molar-refractivity contribution in [1.82, 2.24) is 20.2 Å². The number of nitrogens with zero attached hydrogens (tertiary/aromatic N) is 4. The van der Waals surface area contributed by atoms with E-state index in [0.717, 1.165) is 37.8 Å². The molecule has 0 radical (unpaired) electrons. The molecule has 2 fully saturated rings.